The molecule has 10 heteroatoms. The Labute approximate surface area is 245 Å². The van der Waals surface area contributed by atoms with Crippen LogP contribution in [0.4, 0.5) is 14.5 Å². The highest BCUT2D eigenvalue weighted by Crippen LogP contribution is 2.40. The van der Waals surface area contributed by atoms with Gasteiger partial charge in [0.1, 0.15) is 6.07 Å². The summed E-state index contributed by atoms with van der Waals surface area (Å²) < 4.78 is 33.5. The maximum Gasteiger partial charge on any atom is 0.270 e. The average molecular weight is 575 g/mol. The molecule has 2 aliphatic heterocycles. The van der Waals surface area contributed by atoms with Crippen molar-refractivity contribution >= 4 is 11.6 Å². The molecule has 0 bridgehead atoms. The van der Waals surface area contributed by atoms with Crippen LogP contribution >= 0.6 is 0 Å². The van der Waals surface area contributed by atoms with Crippen LogP contribution in [-0.4, -0.2) is 66.7 Å². The number of hydrogen-bond donors (Lipinski definition) is 1. The monoisotopic (exact) mass is 574 g/mol. The molecule has 0 spiro atoms. The molecule has 2 saturated heterocycles. The molecule has 220 valence electrons. The zero-order valence-electron chi connectivity index (χ0n) is 24.2. The van der Waals surface area contributed by atoms with Gasteiger partial charge in [0, 0.05) is 50.6 Å². The molecule has 0 unspecified atom stereocenters. The number of amides is 1. The first-order valence-electron chi connectivity index (χ1n) is 14.4. The smallest absolute Gasteiger partial charge is 0.270 e. The Kier molecular flexibility index (Phi) is 8.41. The molecular weight excluding hydrogens is 538 g/mol. The second-order valence-electron chi connectivity index (χ2n) is 11.2. The lowest BCUT2D eigenvalue weighted by molar-refractivity contribution is -0.128. The predicted molar refractivity (Wildman–Crippen MR) is 157 cm³/mol. The molecule has 3 aromatic rings. The molecule has 1 atom stereocenters. The van der Waals surface area contributed by atoms with E-state index in [0.717, 1.165) is 37.6 Å². The number of anilines is 1. The van der Waals surface area contributed by atoms with Crippen molar-refractivity contribution in [3.8, 4) is 23.2 Å². The SMILES string of the molecule is CCOc1ncccc1-c1ccc(C2(C(=O)N[C@H]3CCN(C)C3)CCN(c3ccc(C(C)(F)F)cc3C#N)CC2)cn1. The van der Waals surface area contributed by atoms with E-state index in [1.807, 2.05) is 43.1 Å². The number of hydrogen-bond acceptors (Lipinski definition) is 7. The van der Waals surface area contributed by atoms with Crippen LogP contribution in [0, 0.1) is 11.3 Å². The van der Waals surface area contributed by atoms with Crippen LogP contribution in [0.2, 0.25) is 0 Å². The summed E-state index contributed by atoms with van der Waals surface area (Å²) in [4.78, 5) is 27.3. The maximum atomic E-state index is 14.1. The molecule has 0 saturated carbocycles. The number of rotatable bonds is 8. The molecule has 2 aromatic heterocycles. The van der Waals surface area contributed by atoms with Crippen molar-refractivity contribution < 1.29 is 18.3 Å². The van der Waals surface area contributed by atoms with Gasteiger partial charge in [0.15, 0.2) is 0 Å². The summed E-state index contributed by atoms with van der Waals surface area (Å²) >= 11 is 0. The van der Waals surface area contributed by atoms with E-state index in [2.05, 4.69) is 21.3 Å². The van der Waals surface area contributed by atoms with Crippen LogP contribution in [-0.2, 0) is 16.1 Å². The standard InChI is InChI=1S/C32H36F2N6O2/c1-4-42-29-26(6-5-14-36-29)27-9-7-24(20-37-27)32(30(41)38-25-11-15-39(3)21-25)12-16-40(17-13-32)28-10-8-23(31(2,33)34)18-22(28)19-35/h5-10,14,18,20,25H,4,11-13,15-17,21H2,1-3H3,(H,38,41)/t25-/m0/s1. The van der Waals surface area contributed by atoms with E-state index in [0.29, 0.717) is 49.8 Å². The van der Waals surface area contributed by atoms with Crippen molar-refractivity contribution in [2.24, 2.45) is 0 Å². The van der Waals surface area contributed by atoms with Gasteiger partial charge in [-0.2, -0.15) is 5.26 Å². The number of carbonyl (C=O) groups is 1. The molecule has 2 aliphatic rings. The number of carbonyl (C=O) groups excluding carboxylic acids is 1. The number of ether oxygens (including phenoxy) is 1. The Morgan fingerprint density at radius 1 is 1.19 bits per heavy atom. The maximum absolute atomic E-state index is 14.1. The van der Waals surface area contributed by atoms with E-state index in [4.69, 9.17) is 9.72 Å². The highest BCUT2D eigenvalue weighted by molar-refractivity contribution is 5.89. The summed E-state index contributed by atoms with van der Waals surface area (Å²) in [6.07, 6.45) is 5.30. The van der Waals surface area contributed by atoms with Crippen molar-refractivity contribution in [2.45, 2.75) is 50.5 Å². The number of aromatic nitrogens is 2. The zero-order chi connectivity index (χ0) is 29.9. The normalized spacial score (nSPS) is 18.9. The van der Waals surface area contributed by atoms with Gasteiger partial charge >= 0.3 is 0 Å². The lowest BCUT2D eigenvalue weighted by Crippen LogP contribution is -2.54. The average Bonchev–Trinajstić information content (AvgIpc) is 3.41. The second kappa shape index (κ2) is 12.0. The molecule has 0 aliphatic carbocycles. The Balaban J connectivity index is 1.44. The van der Waals surface area contributed by atoms with E-state index >= 15 is 0 Å². The highest BCUT2D eigenvalue weighted by atomic mass is 19.3. The van der Waals surface area contributed by atoms with Crippen LogP contribution in [0.5, 0.6) is 5.88 Å². The van der Waals surface area contributed by atoms with Crippen LogP contribution in [0.3, 0.4) is 0 Å². The first-order valence-corrected chi connectivity index (χ1v) is 14.4. The summed E-state index contributed by atoms with van der Waals surface area (Å²) in [7, 11) is 2.05. The van der Waals surface area contributed by atoms with E-state index in [1.54, 1.807) is 18.5 Å². The van der Waals surface area contributed by atoms with Crippen LogP contribution in [0.15, 0.2) is 54.9 Å². The lowest BCUT2D eigenvalue weighted by atomic mass is 9.72. The number of alkyl halides is 2. The van der Waals surface area contributed by atoms with Crippen LogP contribution < -0.4 is 15.0 Å². The predicted octanol–water partition coefficient (Wildman–Crippen LogP) is 4.88. The number of nitrogens with zero attached hydrogens (tertiary/aromatic N) is 5. The van der Waals surface area contributed by atoms with E-state index in [1.165, 1.54) is 12.1 Å². The third-order valence-electron chi connectivity index (χ3n) is 8.39. The molecule has 0 radical (unpaired) electrons. The van der Waals surface area contributed by atoms with Gasteiger partial charge in [0.2, 0.25) is 11.8 Å². The van der Waals surface area contributed by atoms with Gasteiger partial charge in [0.05, 0.1) is 34.5 Å². The number of piperidine rings is 1. The Bertz CT molecular complexity index is 1460. The molecule has 2 fully saturated rings. The summed E-state index contributed by atoms with van der Waals surface area (Å²) in [6.45, 7) is 5.89. The third-order valence-corrected chi connectivity index (χ3v) is 8.39. The van der Waals surface area contributed by atoms with Crippen molar-refractivity contribution in [3.05, 3.63) is 71.5 Å². The number of likely N-dealkylation sites (tertiary alicyclic amines) is 1. The van der Waals surface area contributed by atoms with Gasteiger partial charge in [0.25, 0.3) is 5.92 Å². The number of pyridine rings is 2. The van der Waals surface area contributed by atoms with Gasteiger partial charge in [-0.1, -0.05) is 12.1 Å². The number of benzene rings is 1. The van der Waals surface area contributed by atoms with E-state index in [9.17, 15) is 18.8 Å². The highest BCUT2D eigenvalue weighted by Gasteiger charge is 2.44. The number of nitriles is 1. The topological polar surface area (TPSA) is 94.4 Å². The first-order chi connectivity index (χ1) is 20.1. The van der Waals surface area contributed by atoms with Gasteiger partial charge in [-0.25, -0.2) is 13.8 Å². The van der Waals surface area contributed by atoms with Gasteiger partial charge in [-0.3, -0.25) is 9.78 Å². The lowest BCUT2D eigenvalue weighted by Gasteiger charge is -2.42. The van der Waals surface area contributed by atoms with Crippen molar-refractivity contribution in [3.63, 3.8) is 0 Å². The molecule has 5 rings (SSSR count). The summed E-state index contributed by atoms with van der Waals surface area (Å²) in [6, 6.07) is 14.0. The van der Waals surface area contributed by atoms with Crippen LogP contribution in [0.1, 0.15) is 49.8 Å². The molecule has 1 aromatic carbocycles. The Hall–Kier alpha value is -4.10. The fourth-order valence-electron chi connectivity index (χ4n) is 6.00. The van der Waals surface area contributed by atoms with Crippen molar-refractivity contribution in [1.29, 1.82) is 5.26 Å². The van der Waals surface area contributed by atoms with Crippen LogP contribution in [0.25, 0.3) is 11.3 Å². The minimum atomic E-state index is -3.04. The molecule has 42 heavy (non-hydrogen) atoms. The van der Waals surface area contributed by atoms with Gasteiger partial charge < -0.3 is 19.9 Å². The minimum absolute atomic E-state index is 0.0325. The van der Waals surface area contributed by atoms with E-state index in [-0.39, 0.29) is 23.1 Å². The van der Waals surface area contributed by atoms with Gasteiger partial charge in [-0.05, 0) is 75.7 Å². The molecule has 4 heterocycles. The molecule has 1 amide bonds. The van der Waals surface area contributed by atoms with Gasteiger partial charge in [-0.15, -0.1) is 0 Å². The second-order valence-corrected chi connectivity index (χ2v) is 11.2. The fraction of sp³-hybridized carbons (Fsp3) is 0.438. The number of nitrogens with one attached hydrogen (secondary N) is 1. The summed E-state index contributed by atoms with van der Waals surface area (Å²) in [5, 5.41) is 13.0. The zero-order valence-corrected chi connectivity index (χ0v) is 24.2. The number of likely N-dealkylation sites (N-methyl/N-ethyl adjacent to an activating group) is 1. The van der Waals surface area contributed by atoms with Crippen molar-refractivity contribution in [2.75, 3.05) is 44.7 Å². The third kappa shape index (κ3) is 5.93. The van der Waals surface area contributed by atoms with E-state index < -0.39 is 11.3 Å². The Morgan fingerprint density at radius 2 is 1.98 bits per heavy atom. The Morgan fingerprint density at radius 3 is 2.60 bits per heavy atom. The fourth-order valence-corrected chi connectivity index (χ4v) is 6.00. The quantitative estimate of drug-likeness (QED) is 0.410. The largest absolute Gasteiger partial charge is 0.477 e. The van der Waals surface area contributed by atoms with Crippen molar-refractivity contribution in [1.82, 2.24) is 20.2 Å². The molecule has 8 nitrogen and oxygen atoms in total. The summed E-state index contributed by atoms with van der Waals surface area (Å²) in [5.41, 5.74) is 2.08. The molecular formula is C32H36F2N6O2. The number of halogens is 2. The first kappa shape index (κ1) is 29.4. The molecule has 1 N–H and O–H groups in total. The summed E-state index contributed by atoms with van der Waals surface area (Å²) in [5.74, 6) is -2.56. The minimum Gasteiger partial charge on any atom is -0.477 e.